The second kappa shape index (κ2) is 5.48. The highest BCUT2D eigenvalue weighted by Crippen LogP contribution is 2.09. The maximum Gasteiger partial charge on any atom is 0.253 e. The summed E-state index contributed by atoms with van der Waals surface area (Å²) in [6, 6.07) is 8.89. The van der Waals surface area contributed by atoms with E-state index in [1.165, 1.54) is 17.0 Å². The topological polar surface area (TPSA) is 64.0 Å². The molecule has 0 saturated carbocycles. The number of hydrogen-bond donors (Lipinski definition) is 1. The highest BCUT2D eigenvalue weighted by Gasteiger charge is 2.05. The lowest BCUT2D eigenvalue weighted by Gasteiger charge is -2.07. The summed E-state index contributed by atoms with van der Waals surface area (Å²) in [5, 5.41) is 2.75. The molecular formula is C14H15N3O2. The second-order valence-electron chi connectivity index (χ2n) is 4.41. The smallest absolute Gasteiger partial charge is 0.253 e. The predicted octanol–water partition coefficient (Wildman–Crippen LogP) is 1.50. The third kappa shape index (κ3) is 3.51. The number of rotatable bonds is 3. The Balaban J connectivity index is 2.07. The minimum absolute atomic E-state index is 0.0416. The van der Waals surface area contributed by atoms with Gasteiger partial charge in [-0.05, 0) is 31.5 Å². The fourth-order valence-corrected chi connectivity index (χ4v) is 1.71. The van der Waals surface area contributed by atoms with E-state index in [0.717, 1.165) is 11.3 Å². The van der Waals surface area contributed by atoms with Crippen LogP contribution in [0.1, 0.15) is 11.3 Å². The number of aryl methyl sites for hydroxylation is 2. The molecule has 0 atom stereocenters. The SMILES string of the molecule is Cc1cccc(NC(=O)Cn2cnc(C)cc2=O)c1. The summed E-state index contributed by atoms with van der Waals surface area (Å²) in [7, 11) is 0. The summed E-state index contributed by atoms with van der Waals surface area (Å²) in [5.41, 5.74) is 2.19. The number of hydrogen-bond acceptors (Lipinski definition) is 3. The quantitative estimate of drug-likeness (QED) is 0.906. The molecule has 19 heavy (non-hydrogen) atoms. The fraction of sp³-hybridized carbons (Fsp3) is 0.214. The lowest BCUT2D eigenvalue weighted by Crippen LogP contribution is -2.27. The van der Waals surface area contributed by atoms with Crippen LogP contribution in [0.5, 0.6) is 0 Å². The van der Waals surface area contributed by atoms with Crippen LogP contribution in [0.15, 0.2) is 41.5 Å². The number of carbonyl (C=O) groups excluding carboxylic acids is 1. The van der Waals surface area contributed by atoms with Crippen molar-refractivity contribution in [2.45, 2.75) is 20.4 Å². The molecule has 0 fully saturated rings. The Morgan fingerprint density at radius 1 is 1.32 bits per heavy atom. The Morgan fingerprint density at radius 2 is 2.11 bits per heavy atom. The van der Waals surface area contributed by atoms with Crippen molar-refractivity contribution in [1.82, 2.24) is 9.55 Å². The van der Waals surface area contributed by atoms with Crippen LogP contribution >= 0.6 is 0 Å². The molecule has 5 heteroatoms. The Labute approximate surface area is 110 Å². The molecule has 1 N–H and O–H groups in total. The number of benzene rings is 1. The molecule has 1 heterocycles. The van der Waals surface area contributed by atoms with E-state index in [-0.39, 0.29) is 18.0 Å². The Bertz CT molecular complexity index is 662. The van der Waals surface area contributed by atoms with Crippen LogP contribution in [-0.4, -0.2) is 15.5 Å². The van der Waals surface area contributed by atoms with E-state index in [4.69, 9.17) is 0 Å². The summed E-state index contributed by atoms with van der Waals surface area (Å²) >= 11 is 0. The Kier molecular flexibility index (Phi) is 3.75. The molecule has 1 aromatic carbocycles. The van der Waals surface area contributed by atoms with E-state index in [1.54, 1.807) is 13.0 Å². The molecule has 1 aromatic heterocycles. The van der Waals surface area contributed by atoms with Gasteiger partial charge in [-0.15, -0.1) is 0 Å². The number of aromatic nitrogens is 2. The van der Waals surface area contributed by atoms with Gasteiger partial charge in [-0.3, -0.25) is 14.2 Å². The van der Waals surface area contributed by atoms with Crippen molar-refractivity contribution < 1.29 is 4.79 Å². The first-order valence-electron chi connectivity index (χ1n) is 5.94. The van der Waals surface area contributed by atoms with Crippen molar-refractivity contribution in [2.75, 3.05) is 5.32 Å². The first-order chi connectivity index (χ1) is 9.04. The first kappa shape index (κ1) is 13.0. The van der Waals surface area contributed by atoms with Gasteiger partial charge in [0.2, 0.25) is 5.91 Å². The molecule has 0 aliphatic heterocycles. The largest absolute Gasteiger partial charge is 0.325 e. The van der Waals surface area contributed by atoms with Gasteiger partial charge < -0.3 is 5.32 Å². The molecule has 0 bridgehead atoms. The van der Waals surface area contributed by atoms with Gasteiger partial charge in [-0.1, -0.05) is 12.1 Å². The van der Waals surface area contributed by atoms with Crippen LogP contribution in [0.4, 0.5) is 5.69 Å². The molecule has 0 aliphatic carbocycles. The van der Waals surface area contributed by atoms with Crippen molar-refractivity contribution in [2.24, 2.45) is 0 Å². The second-order valence-corrected chi connectivity index (χ2v) is 4.41. The van der Waals surface area contributed by atoms with Crippen LogP contribution in [0, 0.1) is 13.8 Å². The van der Waals surface area contributed by atoms with Gasteiger partial charge in [-0.25, -0.2) is 4.98 Å². The monoisotopic (exact) mass is 257 g/mol. The van der Waals surface area contributed by atoms with Gasteiger partial charge in [0, 0.05) is 17.4 Å². The van der Waals surface area contributed by atoms with Crippen molar-refractivity contribution in [3.8, 4) is 0 Å². The van der Waals surface area contributed by atoms with Gasteiger partial charge >= 0.3 is 0 Å². The Morgan fingerprint density at radius 3 is 2.79 bits per heavy atom. The molecule has 98 valence electrons. The highest BCUT2D eigenvalue weighted by molar-refractivity contribution is 5.90. The maximum absolute atomic E-state index is 11.8. The van der Waals surface area contributed by atoms with Gasteiger partial charge in [0.1, 0.15) is 6.54 Å². The maximum atomic E-state index is 11.8. The first-order valence-corrected chi connectivity index (χ1v) is 5.94. The van der Waals surface area contributed by atoms with E-state index in [9.17, 15) is 9.59 Å². The van der Waals surface area contributed by atoms with E-state index >= 15 is 0 Å². The van der Waals surface area contributed by atoms with E-state index in [1.807, 2.05) is 25.1 Å². The summed E-state index contributed by atoms with van der Waals surface area (Å²) in [4.78, 5) is 27.5. The number of amides is 1. The highest BCUT2D eigenvalue weighted by atomic mass is 16.2. The number of anilines is 1. The van der Waals surface area contributed by atoms with Crippen LogP contribution < -0.4 is 10.9 Å². The third-order valence-electron chi connectivity index (χ3n) is 2.63. The van der Waals surface area contributed by atoms with Crippen LogP contribution in [0.3, 0.4) is 0 Å². The van der Waals surface area contributed by atoms with Crippen molar-refractivity contribution in [3.05, 3.63) is 58.3 Å². The number of nitrogens with one attached hydrogen (secondary N) is 1. The zero-order chi connectivity index (χ0) is 13.8. The zero-order valence-corrected chi connectivity index (χ0v) is 10.9. The lowest BCUT2D eigenvalue weighted by molar-refractivity contribution is -0.116. The van der Waals surface area contributed by atoms with Crippen LogP contribution in [0.2, 0.25) is 0 Å². The summed E-state index contributed by atoms with van der Waals surface area (Å²) in [6.07, 6.45) is 1.38. The van der Waals surface area contributed by atoms with Crippen molar-refractivity contribution >= 4 is 11.6 Å². The van der Waals surface area contributed by atoms with Gasteiger partial charge in [0.05, 0.1) is 6.33 Å². The van der Waals surface area contributed by atoms with Crippen LogP contribution in [0.25, 0.3) is 0 Å². The van der Waals surface area contributed by atoms with Crippen molar-refractivity contribution in [3.63, 3.8) is 0 Å². The molecular weight excluding hydrogens is 242 g/mol. The molecule has 2 aromatic rings. The van der Waals surface area contributed by atoms with E-state index in [0.29, 0.717) is 5.69 Å². The molecule has 0 spiro atoms. The van der Waals surface area contributed by atoms with Gasteiger partial charge in [-0.2, -0.15) is 0 Å². The van der Waals surface area contributed by atoms with Crippen molar-refractivity contribution in [1.29, 1.82) is 0 Å². The molecule has 0 aliphatic rings. The average Bonchev–Trinajstić information content (AvgIpc) is 2.33. The van der Waals surface area contributed by atoms with Crippen LogP contribution in [-0.2, 0) is 11.3 Å². The number of carbonyl (C=O) groups is 1. The molecule has 0 radical (unpaired) electrons. The van der Waals surface area contributed by atoms with Gasteiger partial charge in [0.25, 0.3) is 5.56 Å². The molecule has 1 amide bonds. The molecule has 2 rings (SSSR count). The summed E-state index contributed by atoms with van der Waals surface area (Å²) in [6.45, 7) is 3.64. The van der Waals surface area contributed by atoms with Gasteiger partial charge in [0.15, 0.2) is 0 Å². The predicted molar refractivity (Wildman–Crippen MR) is 73.0 cm³/mol. The fourth-order valence-electron chi connectivity index (χ4n) is 1.71. The number of nitrogens with zero attached hydrogens (tertiary/aromatic N) is 2. The lowest BCUT2D eigenvalue weighted by atomic mass is 10.2. The Hall–Kier alpha value is -2.43. The zero-order valence-electron chi connectivity index (χ0n) is 10.9. The normalized spacial score (nSPS) is 10.2. The minimum atomic E-state index is -0.252. The van der Waals surface area contributed by atoms with E-state index < -0.39 is 0 Å². The molecule has 5 nitrogen and oxygen atoms in total. The standard InChI is InChI=1S/C14H15N3O2/c1-10-4-3-5-12(6-10)16-13(18)8-17-9-15-11(2)7-14(17)19/h3-7,9H,8H2,1-2H3,(H,16,18). The average molecular weight is 257 g/mol. The third-order valence-corrected chi connectivity index (χ3v) is 2.63. The molecule has 0 unspecified atom stereocenters. The minimum Gasteiger partial charge on any atom is -0.325 e. The summed E-state index contributed by atoms with van der Waals surface area (Å²) in [5.74, 6) is -0.252. The molecule has 0 saturated heterocycles. The summed E-state index contributed by atoms with van der Waals surface area (Å²) < 4.78 is 1.28. The van der Waals surface area contributed by atoms with E-state index in [2.05, 4.69) is 10.3 Å².